The molecule has 0 aliphatic carbocycles. The minimum absolute atomic E-state index is 0.243. The molecule has 1 N–H and O–H groups in total. The predicted molar refractivity (Wildman–Crippen MR) is 99.4 cm³/mol. The molecule has 0 fully saturated rings. The van der Waals surface area contributed by atoms with Gasteiger partial charge in [-0.2, -0.15) is 0 Å². The number of hydrogen-bond acceptors (Lipinski definition) is 3. The van der Waals surface area contributed by atoms with Crippen LogP contribution in [-0.4, -0.2) is 15.9 Å². The Kier molecular flexibility index (Phi) is 4.27. The summed E-state index contributed by atoms with van der Waals surface area (Å²) < 4.78 is 5.41. The molecule has 3 aromatic rings. The summed E-state index contributed by atoms with van der Waals surface area (Å²) >= 11 is 6.18. The Bertz CT molecular complexity index is 964. The summed E-state index contributed by atoms with van der Waals surface area (Å²) in [6.07, 6.45) is 1.57. The van der Waals surface area contributed by atoms with Crippen molar-refractivity contribution < 1.29 is 14.3 Å². The first-order valence-corrected chi connectivity index (χ1v) is 8.60. The van der Waals surface area contributed by atoms with Crippen LogP contribution >= 0.6 is 11.6 Å². The average Bonchev–Trinajstić information content (AvgIpc) is 3.25. The van der Waals surface area contributed by atoms with Crippen LogP contribution in [-0.2, 0) is 11.3 Å². The summed E-state index contributed by atoms with van der Waals surface area (Å²) in [7, 11) is 0. The molecule has 0 bridgehead atoms. The van der Waals surface area contributed by atoms with Crippen molar-refractivity contribution in [3.05, 3.63) is 101 Å². The van der Waals surface area contributed by atoms with Gasteiger partial charge in [-0.3, -0.25) is 4.79 Å². The van der Waals surface area contributed by atoms with Crippen LogP contribution in [0.3, 0.4) is 0 Å². The fourth-order valence-electron chi connectivity index (χ4n) is 3.32. The number of aliphatic hydroxyl groups is 1. The fourth-order valence-corrected chi connectivity index (χ4v) is 3.52. The van der Waals surface area contributed by atoms with Gasteiger partial charge in [0.15, 0.2) is 5.76 Å². The van der Waals surface area contributed by atoms with Crippen molar-refractivity contribution in [1.29, 1.82) is 0 Å². The first kappa shape index (κ1) is 16.5. The van der Waals surface area contributed by atoms with Crippen molar-refractivity contribution in [2.75, 3.05) is 0 Å². The van der Waals surface area contributed by atoms with Crippen molar-refractivity contribution in [3.8, 4) is 0 Å². The maximum atomic E-state index is 12.8. The maximum Gasteiger partial charge on any atom is 0.290 e. The summed E-state index contributed by atoms with van der Waals surface area (Å²) in [5, 5.41) is 11.2. The third-order valence-electron chi connectivity index (χ3n) is 4.46. The van der Waals surface area contributed by atoms with E-state index < -0.39 is 11.9 Å². The topological polar surface area (TPSA) is 53.7 Å². The molecule has 2 heterocycles. The number of carbonyl (C=O) groups excluding carboxylic acids is 1. The highest BCUT2D eigenvalue weighted by Crippen LogP contribution is 2.44. The molecule has 0 radical (unpaired) electrons. The van der Waals surface area contributed by atoms with E-state index in [2.05, 4.69) is 0 Å². The number of rotatable bonds is 4. The largest absolute Gasteiger partial charge is 0.503 e. The van der Waals surface area contributed by atoms with Gasteiger partial charge in [-0.1, -0.05) is 54.1 Å². The molecule has 130 valence electrons. The molecular formula is C21H16ClNO3. The van der Waals surface area contributed by atoms with E-state index in [0.29, 0.717) is 16.4 Å². The lowest BCUT2D eigenvalue weighted by atomic mass is 9.93. The summed E-state index contributed by atoms with van der Waals surface area (Å²) in [4.78, 5) is 14.4. The second-order valence-electron chi connectivity index (χ2n) is 6.10. The van der Waals surface area contributed by atoms with E-state index in [1.165, 1.54) is 0 Å². The van der Waals surface area contributed by atoms with Gasteiger partial charge < -0.3 is 14.4 Å². The molecule has 1 amide bonds. The minimum atomic E-state index is -0.450. The van der Waals surface area contributed by atoms with Crippen LogP contribution in [0.5, 0.6) is 0 Å². The number of benzene rings is 2. The Balaban J connectivity index is 1.84. The van der Waals surface area contributed by atoms with Crippen LogP contribution in [0.4, 0.5) is 0 Å². The van der Waals surface area contributed by atoms with Crippen LogP contribution in [0.1, 0.15) is 22.9 Å². The first-order valence-electron chi connectivity index (χ1n) is 8.22. The third kappa shape index (κ3) is 2.89. The molecule has 0 saturated heterocycles. The molecular weight excluding hydrogens is 350 g/mol. The fraction of sp³-hybridized carbons (Fsp3) is 0.0952. The molecule has 1 aliphatic rings. The van der Waals surface area contributed by atoms with E-state index in [9.17, 15) is 9.90 Å². The van der Waals surface area contributed by atoms with Gasteiger partial charge in [0.05, 0.1) is 18.8 Å². The molecule has 5 heteroatoms. The van der Waals surface area contributed by atoms with E-state index in [1.807, 2.05) is 48.5 Å². The summed E-state index contributed by atoms with van der Waals surface area (Å²) in [6.45, 7) is 0.253. The maximum absolute atomic E-state index is 12.8. The molecule has 0 spiro atoms. The van der Waals surface area contributed by atoms with Crippen LogP contribution < -0.4 is 0 Å². The minimum Gasteiger partial charge on any atom is -0.503 e. The Morgan fingerprint density at radius 1 is 1.04 bits per heavy atom. The summed E-state index contributed by atoms with van der Waals surface area (Å²) in [5.41, 5.74) is 2.20. The lowest BCUT2D eigenvalue weighted by molar-refractivity contribution is -0.130. The van der Waals surface area contributed by atoms with E-state index >= 15 is 0 Å². The lowest BCUT2D eigenvalue weighted by Gasteiger charge is -2.26. The molecule has 4 rings (SSSR count). The second-order valence-corrected chi connectivity index (χ2v) is 6.53. The SMILES string of the molecule is O=C1C(O)=C(c2ccccc2)C(c2cccc(Cl)c2)N1Cc1ccco1. The molecule has 1 aromatic heterocycles. The number of hydrogen-bond donors (Lipinski definition) is 1. The van der Waals surface area contributed by atoms with Crippen LogP contribution in [0, 0.1) is 0 Å². The van der Waals surface area contributed by atoms with Crippen molar-refractivity contribution in [3.63, 3.8) is 0 Å². The smallest absolute Gasteiger partial charge is 0.290 e. The normalized spacial score (nSPS) is 17.2. The molecule has 1 aliphatic heterocycles. The number of halogens is 1. The zero-order chi connectivity index (χ0) is 18.1. The van der Waals surface area contributed by atoms with E-state index in [1.54, 1.807) is 29.4 Å². The highest BCUT2D eigenvalue weighted by molar-refractivity contribution is 6.30. The van der Waals surface area contributed by atoms with Crippen molar-refractivity contribution in [1.82, 2.24) is 4.90 Å². The van der Waals surface area contributed by atoms with Gasteiger partial charge in [0.25, 0.3) is 5.91 Å². The molecule has 1 unspecified atom stereocenters. The van der Waals surface area contributed by atoms with Crippen molar-refractivity contribution in [2.24, 2.45) is 0 Å². The van der Waals surface area contributed by atoms with E-state index in [-0.39, 0.29) is 12.3 Å². The van der Waals surface area contributed by atoms with Gasteiger partial charge in [0.1, 0.15) is 5.76 Å². The van der Waals surface area contributed by atoms with E-state index in [4.69, 9.17) is 16.0 Å². The highest BCUT2D eigenvalue weighted by Gasteiger charge is 2.41. The van der Waals surface area contributed by atoms with Gasteiger partial charge in [-0.15, -0.1) is 0 Å². The van der Waals surface area contributed by atoms with Gasteiger partial charge in [-0.05, 0) is 35.4 Å². The standard InChI is InChI=1S/C21H16ClNO3/c22-16-9-4-8-15(12-16)19-18(14-6-2-1-3-7-14)20(24)21(25)23(19)13-17-10-5-11-26-17/h1-12,19,24H,13H2. The highest BCUT2D eigenvalue weighted by atomic mass is 35.5. The molecule has 1 atom stereocenters. The lowest BCUT2D eigenvalue weighted by Crippen LogP contribution is -2.29. The number of carbonyl (C=O) groups is 1. The average molecular weight is 366 g/mol. The molecule has 4 nitrogen and oxygen atoms in total. The van der Waals surface area contributed by atoms with Crippen LogP contribution in [0.2, 0.25) is 5.02 Å². The Morgan fingerprint density at radius 2 is 1.85 bits per heavy atom. The number of nitrogens with zero attached hydrogens (tertiary/aromatic N) is 1. The first-order chi connectivity index (χ1) is 12.6. The number of furan rings is 1. The van der Waals surface area contributed by atoms with E-state index in [0.717, 1.165) is 11.1 Å². The Hall–Kier alpha value is -2.98. The van der Waals surface area contributed by atoms with Gasteiger partial charge in [0, 0.05) is 10.6 Å². The predicted octanol–water partition coefficient (Wildman–Crippen LogP) is 4.99. The van der Waals surface area contributed by atoms with Gasteiger partial charge in [0.2, 0.25) is 0 Å². The zero-order valence-corrected chi connectivity index (χ0v) is 14.6. The van der Waals surface area contributed by atoms with Crippen LogP contribution in [0.15, 0.2) is 83.2 Å². The quantitative estimate of drug-likeness (QED) is 0.709. The Morgan fingerprint density at radius 3 is 2.54 bits per heavy atom. The molecule has 0 saturated carbocycles. The summed E-state index contributed by atoms with van der Waals surface area (Å²) in [5.74, 6) is -0.0227. The number of aliphatic hydroxyl groups excluding tert-OH is 1. The van der Waals surface area contributed by atoms with Crippen LogP contribution in [0.25, 0.3) is 5.57 Å². The van der Waals surface area contributed by atoms with Crippen molar-refractivity contribution in [2.45, 2.75) is 12.6 Å². The second kappa shape index (κ2) is 6.73. The molecule has 26 heavy (non-hydrogen) atoms. The Labute approximate surface area is 155 Å². The zero-order valence-electron chi connectivity index (χ0n) is 13.8. The third-order valence-corrected chi connectivity index (χ3v) is 4.69. The van der Waals surface area contributed by atoms with Gasteiger partial charge >= 0.3 is 0 Å². The summed E-state index contributed by atoms with van der Waals surface area (Å²) in [6, 6.07) is 19.9. The molecule has 2 aromatic carbocycles. The monoisotopic (exact) mass is 365 g/mol. The van der Waals surface area contributed by atoms with Crippen molar-refractivity contribution >= 4 is 23.1 Å². The number of amides is 1. The van der Waals surface area contributed by atoms with Gasteiger partial charge in [-0.25, -0.2) is 0 Å².